The van der Waals surface area contributed by atoms with Gasteiger partial charge in [0.05, 0.1) is 11.1 Å². The van der Waals surface area contributed by atoms with Crippen LogP contribution in [0.15, 0.2) is 54.0 Å². The minimum atomic E-state index is -0.910. The fraction of sp³-hybridized carbons (Fsp3) is 0.333. The highest BCUT2D eigenvalue weighted by Gasteiger charge is 2.45. The van der Waals surface area contributed by atoms with E-state index in [1.54, 1.807) is 36.6 Å². The average molecular weight is 570 g/mol. The number of anilines is 2. The fourth-order valence-corrected chi connectivity index (χ4v) is 5.91. The monoisotopic (exact) mass is 569 g/mol. The number of nitrogens with zero attached hydrogens (tertiary/aromatic N) is 6. The van der Waals surface area contributed by atoms with Crippen molar-refractivity contribution in [2.45, 2.75) is 32.6 Å². The summed E-state index contributed by atoms with van der Waals surface area (Å²) in [5.74, 6) is 1.10. The van der Waals surface area contributed by atoms with Crippen LogP contribution in [0.25, 0.3) is 11.3 Å². The zero-order valence-electron chi connectivity index (χ0n) is 23.4. The molecule has 2 aliphatic heterocycles. The Kier molecular flexibility index (Phi) is 6.90. The lowest BCUT2D eigenvalue weighted by atomic mass is 9.70. The molecule has 6 rings (SSSR count). The summed E-state index contributed by atoms with van der Waals surface area (Å²) in [6, 6.07) is 15.3. The molecule has 0 radical (unpaired) electrons. The molecule has 1 unspecified atom stereocenters. The molecule has 4 aromatic rings. The fourth-order valence-electron chi connectivity index (χ4n) is 5.47. The van der Waals surface area contributed by atoms with E-state index in [1.165, 1.54) is 11.3 Å². The quantitative estimate of drug-likeness (QED) is 0.337. The zero-order valence-corrected chi connectivity index (χ0v) is 24.2. The van der Waals surface area contributed by atoms with Gasteiger partial charge in [0.1, 0.15) is 11.3 Å². The van der Waals surface area contributed by atoms with Crippen LogP contribution < -0.4 is 15.0 Å². The number of nitrogens with one attached hydrogen (secondary N) is 1. The first kappa shape index (κ1) is 26.8. The minimum absolute atomic E-state index is 0.0633. The molecule has 0 saturated carbocycles. The molecule has 0 bridgehead atoms. The molecule has 1 saturated heterocycles. The van der Waals surface area contributed by atoms with E-state index in [4.69, 9.17) is 14.7 Å². The van der Waals surface area contributed by atoms with E-state index < -0.39 is 5.41 Å². The predicted octanol–water partition coefficient (Wildman–Crippen LogP) is 5.20. The largest absolute Gasteiger partial charge is 0.420 e. The molecule has 11 heteroatoms. The maximum atomic E-state index is 13.7. The van der Waals surface area contributed by atoms with Crippen molar-refractivity contribution in [2.24, 2.45) is 5.41 Å². The molecule has 1 fully saturated rings. The van der Waals surface area contributed by atoms with Gasteiger partial charge in [-0.05, 0) is 43.2 Å². The van der Waals surface area contributed by atoms with Crippen molar-refractivity contribution in [1.82, 2.24) is 25.1 Å². The van der Waals surface area contributed by atoms with Gasteiger partial charge in [0.25, 0.3) is 5.91 Å². The van der Waals surface area contributed by atoms with E-state index in [2.05, 4.69) is 20.4 Å². The second-order valence-corrected chi connectivity index (χ2v) is 11.9. The van der Waals surface area contributed by atoms with Gasteiger partial charge in [0, 0.05) is 55.4 Å². The summed E-state index contributed by atoms with van der Waals surface area (Å²) in [5.41, 5.74) is 4.45. The molecule has 10 nitrogen and oxygen atoms in total. The van der Waals surface area contributed by atoms with Gasteiger partial charge in [-0.25, -0.2) is 4.98 Å². The first-order chi connectivity index (χ1) is 19.7. The van der Waals surface area contributed by atoms with Crippen LogP contribution in [0.5, 0.6) is 11.8 Å². The highest BCUT2D eigenvalue weighted by atomic mass is 32.1. The minimum Gasteiger partial charge on any atom is -0.420 e. The molecule has 41 heavy (non-hydrogen) atoms. The number of carbonyl (C=O) groups is 2. The van der Waals surface area contributed by atoms with E-state index in [9.17, 15) is 9.59 Å². The van der Waals surface area contributed by atoms with Crippen molar-refractivity contribution in [3.8, 4) is 23.0 Å². The molecule has 5 heterocycles. The predicted molar refractivity (Wildman–Crippen MR) is 158 cm³/mol. The van der Waals surface area contributed by atoms with Crippen molar-refractivity contribution < 1.29 is 14.3 Å². The van der Waals surface area contributed by atoms with Crippen LogP contribution >= 0.6 is 11.3 Å². The van der Waals surface area contributed by atoms with Gasteiger partial charge >= 0.3 is 0 Å². The number of carbonyl (C=O) groups excluding carboxylic acids is 2. The van der Waals surface area contributed by atoms with Gasteiger partial charge in [-0.15, -0.1) is 10.2 Å². The number of rotatable bonds is 6. The summed E-state index contributed by atoms with van der Waals surface area (Å²) >= 11 is 1.27. The molecule has 0 aliphatic carbocycles. The van der Waals surface area contributed by atoms with E-state index in [0.29, 0.717) is 28.1 Å². The molecule has 1 N–H and O–H groups in total. The molecule has 2 amide bonds. The summed E-state index contributed by atoms with van der Waals surface area (Å²) in [4.78, 5) is 39.6. The van der Waals surface area contributed by atoms with Crippen molar-refractivity contribution >= 4 is 34.1 Å². The third kappa shape index (κ3) is 5.01. The number of amides is 2. The van der Waals surface area contributed by atoms with Crippen molar-refractivity contribution in [3.63, 3.8) is 0 Å². The molecular weight excluding hydrogens is 538 g/mol. The Labute approximate surface area is 242 Å². The van der Waals surface area contributed by atoms with E-state index in [0.717, 1.165) is 48.4 Å². The lowest BCUT2D eigenvalue weighted by Gasteiger charge is -2.37. The second kappa shape index (κ2) is 10.5. The van der Waals surface area contributed by atoms with E-state index in [1.807, 2.05) is 50.2 Å². The number of hydrogen-bond acceptors (Lipinski definition) is 9. The summed E-state index contributed by atoms with van der Waals surface area (Å²) < 4.78 is 6.38. The number of aromatic nitrogens is 4. The first-order valence-electron chi connectivity index (χ1n) is 13.6. The SMILES string of the molecule is CN(C)C(=O)c1ccc(-c2ccc3c(n2)Oc2nc(N4CCCC4)ccc2C3C(C)(C)C(=O)Nc2nncs2)cc1. The molecule has 3 aromatic heterocycles. The van der Waals surface area contributed by atoms with Crippen LogP contribution in [-0.4, -0.2) is 64.1 Å². The summed E-state index contributed by atoms with van der Waals surface area (Å²) in [5, 5.41) is 11.2. The van der Waals surface area contributed by atoms with E-state index in [-0.39, 0.29) is 17.7 Å². The Bertz CT molecular complexity index is 1600. The smallest absolute Gasteiger partial charge is 0.253 e. The number of benzene rings is 1. The Morgan fingerprint density at radius 1 is 0.976 bits per heavy atom. The van der Waals surface area contributed by atoms with Crippen LogP contribution in [0.3, 0.4) is 0 Å². The topological polar surface area (TPSA) is 113 Å². The Morgan fingerprint density at radius 3 is 2.32 bits per heavy atom. The second-order valence-electron chi connectivity index (χ2n) is 11.1. The molecular formula is C30H31N7O3S. The molecule has 210 valence electrons. The van der Waals surface area contributed by atoms with Gasteiger partial charge in [-0.2, -0.15) is 4.98 Å². The summed E-state index contributed by atoms with van der Waals surface area (Å²) in [7, 11) is 3.46. The number of ether oxygens (including phenoxy) is 1. The number of fused-ring (bicyclic) bond motifs is 2. The van der Waals surface area contributed by atoms with Crippen LogP contribution in [0.4, 0.5) is 10.9 Å². The summed E-state index contributed by atoms with van der Waals surface area (Å²) in [6.07, 6.45) is 2.27. The number of pyridine rings is 2. The van der Waals surface area contributed by atoms with Gasteiger partial charge in [0.2, 0.25) is 22.8 Å². The maximum Gasteiger partial charge on any atom is 0.253 e. The third-order valence-corrected chi connectivity index (χ3v) is 8.34. The standard InChI is InChI=1S/C30H31N7O3S/c1-30(2,28(39)34-29-35-31-17-41-29)24-20-11-13-22(18-7-9-19(10-8-18)27(38)36(3)4)32-25(20)40-26-21(24)12-14-23(33-26)37-15-5-6-16-37/h7-14,17,24H,5-6,15-16H2,1-4H3,(H,34,35,39). The highest BCUT2D eigenvalue weighted by molar-refractivity contribution is 7.13. The molecule has 1 aromatic carbocycles. The Hall–Kier alpha value is -4.38. The van der Waals surface area contributed by atoms with Crippen molar-refractivity contribution in [3.05, 3.63) is 70.7 Å². The Morgan fingerprint density at radius 2 is 1.66 bits per heavy atom. The van der Waals surface area contributed by atoms with Gasteiger partial charge in [-0.3, -0.25) is 9.59 Å². The van der Waals surface area contributed by atoms with E-state index >= 15 is 0 Å². The maximum absolute atomic E-state index is 13.7. The lowest BCUT2D eigenvalue weighted by molar-refractivity contribution is -0.124. The van der Waals surface area contributed by atoms with Gasteiger partial charge in [0.15, 0.2) is 0 Å². The number of hydrogen-bond donors (Lipinski definition) is 1. The van der Waals surface area contributed by atoms with Gasteiger partial charge < -0.3 is 19.9 Å². The van der Waals surface area contributed by atoms with Crippen LogP contribution in [-0.2, 0) is 4.79 Å². The van der Waals surface area contributed by atoms with Crippen molar-refractivity contribution in [2.75, 3.05) is 37.4 Å². The Balaban J connectivity index is 1.40. The van der Waals surface area contributed by atoms with Crippen LogP contribution in [0, 0.1) is 5.41 Å². The molecule has 0 spiro atoms. The lowest BCUT2D eigenvalue weighted by Crippen LogP contribution is -2.38. The highest BCUT2D eigenvalue weighted by Crippen LogP contribution is 2.52. The summed E-state index contributed by atoms with van der Waals surface area (Å²) in [6.45, 7) is 5.73. The zero-order chi connectivity index (χ0) is 28.7. The molecule has 1 atom stereocenters. The molecule has 2 aliphatic rings. The normalized spacial score (nSPS) is 16.0. The van der Waals surface area contributed by atoms with Crippen molar-refractivity contribution in [1.29, 1.82) is 0 Å². The van der Waals surface area contributed by atoms with Crippen LogP contribution in [0.2, 0.25) is 0 Å². The van der Waals surface area contributed by atoms with Crippen LogP contribution in [0.1, 0.15) is 54.1 Å². The van der Waals surface area contributed by atoms with Gasteiger partial charge in [-0.1, -0.05) is 43.4 Å². The third-order valence-electron chi connectivity index (χ3n) is 7.73. The average Bonchev–Trinajstić information content (AvgIpc) is 3.70. The first-order valence-corrected chi connectivity index (χ1v) is 14.4.